The molecule has 0 fully saturated rings. The molecule has 1 atom stereocenters. The minimum atomic E-state index is -0.886. The van der Waals surface area contributed by atoms with Gasteiger partial charge in [-0.05, 0) is 42.4 Å². The number of benzene rings is 1. The first-order valence-corrected chi connectivity index (χ1v) is 5.58. The number of carbonyl (C=O) groups is 1. The molecular weight excluding hydrogens is 204 g/mol. The van der Waals surface area contributed by atoms with E-state index in [4.69, 9.17) is 4.74 Å². The number of aromatic carboxylic acids is 1. The highest BCUT2D eigenvalue weighted by Crippen LogP contribution is 2.36. The van der Waals surface area contributed by atoms with Gasteiger partial charge in [-0.25, -0.2) is 4.79 Å². The van der Waals surface area contributed by atoms with Crippen LogP contribution in [0.3, 0.4) is 0 Å². The van der Waals surface area contributed by atoms with Gasteiger partial charge in [-0.1, -0.05) is 13.0 Å². The molecule has 16 heavy (non-hydrogen) atoms. The fourth-order valence-corrected chi connectivity index (χ4v) is 2.52. The van der Waals surface area contributed by atoms with Crippen LogP contribution >= 0.6 is 0 Å². The Morgan fingerprint density at radius 1 is 1.50 bits per heavy atom. The lowest BCUT2D eigenvalue weighted by Gasteiger charge is -2.24. The second kappa shape index (κ2) is 4.16. The molecule has 0 spiro atoms. The average molecular weight is 220 g/mol. The lowest BCUT2D eigenvalue weighted by Crippen LogP contribution is -2.14. The van der Waals surface area contributed by atoms with Gasteiger partial charge < -0.3 is 9.84 Å². The summed E-state index contributed by atoms with van der Waals surface area (Å²) in [4.78, 5) is 11.3. The highest BCUT2D eigenvalue weighted by atomic mass is 16.5. The third-order valence-electron chi connectivity index (χ3n) is 3.34. The summed E-state index contributed by atoms with van der Waals surface area (Å²) in [6, 6.07) is 3.77. The van der Waals surface area contributed by atoms with Gasteiger partial charge >= 0.3 is 5.97 Å². The number of carboxylic acids is 1. The Balaban J connectivity index is 2.62. The van der Waals surface area contributed by atoms with Gasteiger partial charge in [0.1, 0.15) is 11.3 Å². The molecule has 1 aliphatic carbocycles. The fraction of sp³-hybridized carbons (Fsp3) is 0.462. The van der Waals surface area contributed by atoms with E-state index in [0.29, 0.717) is 17.2 Å². The summed E-state index contributed by atoms with van der Waals surface area (Å²) in [5, 5.41) is 9.26. The Hall–Kier alpha value is -1.51. The van der Waals surface area contributed by atoms with Crippen LogP contribution in [0.4, 0.5) is 0 Å². The number of fused-ring (bicyclic) bond motifs is 1. The van der Waals surface area contributed by atoms with Crippen LogP contribution in [-0.2, 0) is 6.42 Å². The van der Waals surface area contributed by atoms with E-state index in [2.05, 4.69) is 6.92 Å². The molecule has 1 aromatic rings. The first kappa shape index (κ1) is 11.0. The van der Waals surface area contributed by atoms with Gasteiger partial charge in [0.25, 0.3) is 0 Å². The van der Waals surface area contributed by atoms with Crippen LogP contribution in [0.15, 0.2) is 12.1 Å². The van der Waals surface area contributed by atoms with Gasteiger partial charge in [-0.15, -0.1) is 0 Å². The number of hydrogen-bond acceptors (Lipinski definition) is 2. The van der Waals surface area contributed by atoms with Crippen molar-refractivity contribution in [2.24, 2.45) is 0 Å². The van der Waals surface area contributed by atoms with Crippen molar-refractivity contribution in [3.8, 4) is 5.75 Å². The van der Waals surface area contributed by atoms with E-state index < -0.39 is 5.97 Å². The summed E-state index contributed by atoms with van der Waals surface area (Å²) in [5.41, 5.74) is 2.49. The number of carboxylic acid groups (broad SMARTS) is 1. The van der Waals surface area contributed by atoms with Gasteiger partial charge in [0.05, 0.1) is 7.11 Å². The van der Waals surface area contributed by atoms with Gasteiger partial charge in [-0.3, -0.25) is 0 Å². The van der Waals surface area contributed by atoms with Crippen LogP contribution in [0, 0.1) is 0 Å². The van der Waals surface area contributed by atoms with Crippen molar-refractivity contribution in [2.45, 2.75) is 32.1 Å². The van der Waals surface area contributed by atoms with E-state index in [0.717, 1.165) is 24.8 Å². The molecule has 0 heterocycles. The SMILES string of the molecule is COc1ccc2c(c1C(=O)O)CCCC2C. The minimum absolute atomic E-state index is 0.353. The molecule has 86 valence electrons. The summed E-state index contributed by atoms with van der Waals surface area (Å²) < 4.78 is 5.13. The molecule has 0 saturated carbocycles. The summed E-state index contributed by atoms with van der Waals surface area (Å²) >= 11 is 0. The maximum absolute atomic E-state index is 11.3. The highest BCUT2D eigenvalue weighted by molar-refractivity contribution is 5.93. The van der Waals surface area contributed by atoms with Crippen molar-refractivity contribution in [3.05, 3.63) is 28.8 Å². The second-order valence-electron chi connectivity index (χ2n) is 4.31. The van der Waals surface area contributed by atoms with Crippen LogP contribution in [0.25, 0.3) is 0 Å². The van der Waals surface area contributed by atoms with E-state index in [-0.39, 0.29) is 0 Å². The maximum atomic E-state index is 11.3. The van der Waals surface area contributed by atoms with Crippen molar-refractivity contribution in [1.29, 1.82) is 0 Å². The summed E-state index contributed by atoms with van der Waals surface area (Å²) in [7, 11) is 1.51. The van der Waals surface area contributed by atoms with E-state index in [9.17, 15) is 9.90 Å². The maximum Gasteiger partial charge on any atom is 0.339 e. The highest BCUT2D eigenvalue weighted by Gasteiger charge is 2.24. The quantitative estimate of drug-likeness (QED) is 0.833. The van der Waals surface area contributed by atoms with Gasteiger partial charge in [0.2, 0.25) is 0 Å². The van der Waals surface area contributed by atoms with Crippen LogP contribution < -0.4 is 4.74 Å². The normalized spacial score (nSPS) is 19.0. The minimum Gasteiger partial charge on any atom is -0.496 e. The van der Waals surface area contributed by atoms with Crippen molar-refractivity contribution in [3.63, 3.8) is 0 Å². The standard InChI is InChI=1S/C13H16O3/c1-8-4-3-5-10-9(8)6-7-11(16-2)12(10)13(14)15/h6-8H,3-5H2,1-2H3,(H,14,15). The number of methoxy groups -OCH3 is 1. The van der Waals surface area contributed by atoms with Crippen LogP contribution in [0.5, 0.6) is 5.75 Å². The van der Waals surface area contributed by atoms with E-state index in [1.807, 2.05) is 6.07 Å². The zero-order valence-corrected chi connectivity index (χ0v) is 9.62. The number of hydrogen-bond donors (Lipinski definition) is 1. The molecule has 1 aliphatic rings. The zero-order chi connectivity index (χ0) is 11.7. The third-order valence-corrected chi connectivity index (χ3v) is 3.34. The Kier molecular flexibility index (Phi) is 2.86. The first-order valence-electron chi connectivity index (χ1n) is 5.58. The average Bonchev–Trinajstić information content (AvgIpc) is 2.27. The molecular formula is C13H16O3. The Bertz CT molecular complexity index is 423. The molecule has 0 aliphatic heterocycles. The van der Waals surface area contributed by atoms with Gasteiger partial charge in [0, 0.05) is 0 Å². The van der Waals surface area contributed by atoms with Crippen molar-refractivity contribution >= 4 is 5.97 Å². The van der Waals surface area contributed by atoms with E-state index in [1.165, 1.54) is 12.7 Å². The lowest BCUT2D eigenvalue weighted by atomic mass is 9.81. The molecule has 0 saturated heterocycles. The van der Waals surface area contributed by atoms with E-state index >= 15 is 0 Å². The monoisotopic (exact) mass is 220 g/mol. The van der Waals surface area contributed by atoms with Gasteiger partial charge in [-0.2, -0.15) is 0 Å². The zero-order valence-electron chi connectivity index (χ0n) is 9.62. The van der Waals surface area contributed by atoms with Gasteiger partial charge in [0.15, 0.2) is 0 Å². The molecule has 0 bridgehead atoms. The molecule has 2 rings (SSSR count). The third kappa shape index (κ3) is 1.66. The smallest absolute Gasteiger partial charge is 0.339 e. The number of rotatable bonds is 2. The molecule has 0 radical (unpaired) electrons. The van der Waals surface area contributed by atoms with Crippen molar-refractivity contribution in [1.82, 2.24) is 0 Å². The lowest BCUT2D eigenvalue weighted by molar-refractivity contribution is 0.0691. The van der Waals surface area contributed by atoms with Crippen LogP contribution in [0.2, 0.25) is 0 Å². The molecule has 3 heteroatoms. The summed E-state index contributed by atoms with van der Waals surface area (Å²) in [6.45, 7) is 2.15. The Morgan fingerprint density at radius 3 is 2.88 bits per heavy atom. The molecule has 1 aromatic carbocycles. The fourth-order valence-electron chi connectivity index (χ4n) is 2.52. The molecule has 1 unspecified atom stereocenters. The first-order chi connectivity index (χ1) is 7.65. The molecule has 1 N–H and O–H groups in total. The van der Waals surface area contributed by atoms with Crippen LogP contribution in [0.1, 0.15) is 47.2 Å². The summed E-state index contributed by atoms with van der Waals surface area (Å²) in [5.74, 6) is 0.0379. The molecule has 3 nitrogen and oxygen atoms in total. The topological polar surface area (TPSA) is 46.5 Å². The molecule has 0 amide bonds. The Morgan fingerprint density at radius 2 is 2.25 bits per heavy atom. The number of ether oxygens (including phenoxy) is 1. The predicted octanol–water partition coefficient (Wildman–Crippen LogP) is 2.83. The van der Waals surface area contributed by atoms with E-state index in [1.54, 1.807) is 6.07 Å². The predicted molar refractivity (Wildman–Crippen MR) is 61.3 cm³/mol. The largest absolute Gasteiger partial charge is 0.496 e. The summed E-state index contributed by atoms with van der Waals surface area (Å²) in [6.07, 6.45) is 3.04. The molecule has 0 aromatic heterocycles. The second-order valence-corrected chi connectivity index (χ2v) is 4.31. The Labute approximate surface area is 95.0 Å². The van der Waals surface area contributed by atoms with Crippen molar-refractivity contribution < 1.29 is 14.6 Å². The van der Waals surface area contributed by atoms with Crippen LogP contribution in [-0.4, -0.2) is 18.2 Å². The van der Waals surface area contributed by atoms with Crippen molar-refractivity contribution in [2.75, 3.05) is 7.11 Å².